The Hall–Kier alpha value is -4.41. The number of aromatic amines is 1. The van der Waals surface area contributed by atoms with Crippen LogP contribution in [0.5, 0.6) is 0 Å². The number of H-pyrrole nitrogens is 1. The number of nitrogens with one attached hydrogen (secondary N) is 3. The molecule has 2 aromatic heterocycles. The van der Waals surface area contributed by atoms with Gasteiger partial charge in [0.15, 0.2) is 5.65 Å². The zero-order valence-corrected chi connectivity index (χ0v) is 17.9. The topological polar surface area (TPSA) is 108 Å². The lowest BCUT2D eigenvalue weighted by atomic mass is 10.1. The Kier molecular flexibility index (Phi) is 5.70. The predicted octanol–water partition coefficient (Wildman–Crippen LogP) is 4.23. The molecule has 0 unspecified atom stereocenters. The molecule has 0 fully saturated rings. The van der Waals surface area contributed by atoms with E-state index in [2.05, 4.69) is 20.7 Å². The third kappa shape index (κ3) is 4.27. The minimum Gasteiger partial charge on any atom is -0.326 e. The lowest BCUT2D eigenvalue weighted by Gasteiger charge is -2.09. The molecule has 0 atom stereocenters. The van der Waals surface area contributed by atoms with Gasteiger partial charge in [-0.05, 0) is 30.7 Å². The van der Waals surface area contributed by atoms with Crippen molar-refractivity contribution in [1.29, 1.82) is 0 Å². The zero-order valence-electron chi connectivity index (χ0n) is 17.9. The summed E-state index contributed by atoms with van der Waals surface area (Å²) in [6.45, 7) is 2.70. The van der Waals surface area contributed by atoms with Gasteiger partial charge >= 0.3 is 6.18 Å². The fourth-order valence-corrected chi connectivity index (χ4v) is 3.59. The van der Waals surface area contributed by atoms with Gasteiger partial charge in [0.2, 0.25) is 5.91 Å². The molecule has 3 N–H and O–H groups in total. The van der Waals surface area contributed by atoms with E-state index >= 15 is 0 Å². The van der Waals surface area contributed by atoms with E-state index in [9.17, 15) is 27.6 Å². The Bertz CT molecular complexity index is 1470. The summed E-state index contributed by atoms with van der Waals surface area (Å²) < 4.78 is 42.0. The monoisotopic (exact) mass is 469 g/mol. The first kappa shape index (κ1) is 22.8. The average Bonchev–Trinajstić information content (AvgIpc) is 3.14. The van der Waals surface area contributed by atoms with Crippen LogP contribution in [0.3, 0.4) is 0 Å². The second-order valence-electron chi connectivity index (χ2n) is 7.48. The number of carbonyl (C=O) groups is 2. The highest BCUT2D eigenvalue weighted by Gasteiger charge is 2.38. The summed E-state index contributed by atoms with van der Waals surface area (Å²) >= 11 is 0. The fourth-order valence-electron chi connectivity index (χ4n) is 3.59. The highest BCUT2D eigenvalue weighted by molar-refractivity contribution is 6.05. The summed E-state index contributed by atoms with van der Waals surface area (Å²) in [5, 5.41) is 7.16. The fraction of sp³-hybridized carbons (Fsp3) is 0.130. The molecule has 0 bridgehead atoms. The summed E-state index contributed by atoms with van der Waals surface area (Å²) in [6, 6.07) is 13.9. The van der Waals surface area contributed by atoms with Gasteiger partial charge in [-0.15, -0.1) is 0 Å². The molecule has 11 heteroatoms. The van der Waals surface area contributed by atoms with Gasteiger partial charge in [0, 0.05) is 18.3 Å². The molecular formula is C23H18F3N5O3. The number of carbonyl (C=O) groups excluding carboxylic acids is 2. The van der Waals surface area contributed by atoms with Gasteiger partial charge in [0.25, 0.3) is 11.5 Å². The van der Waals surface area contributed by atoms with Crippen LogP contribution in [0.4, 0.5) is 24.5 Å². The molecule has 2 amide bonds. The van der Waals surface area contributed by atoms with Gasteiger partial charge < -0.3 is 10.6 Å². The van der Waals surface area contributed by atoms with E-state index in [0.717, 1.165) is 0 Å². The van der Waals surface area contributed by atoms with Crippen molar-refractivity contribution in [3.05, 3.63) is 81.9 Å². The molecule has 174 valence electrons. The summed E-state index contributed by atoms with van der Waals surface area (Å²) in [6.07, 6.45) is -4.80. The van der Waals surface area contributed by atoms with Crippen molar-refractivity contribution in [2.24, 2.45) is 0 Å². The highest BCUT2D eigenvalue weighted by Crippen LogP contribution is 2.38. The molecule has 4 rings (SSSR count). The van der Waals surface area contributed by atoms with Gasteiger partial charge in [-0.25, -0.2) is 4.98 Å². The number of amides is 2. The molecule has 0 spiro atoms. The van der Waals surface area contributed by atoms with Crippen molar-refractivity contribution >= 4 is 28.8 Å². The smallest absolute Gasteiger partial charge is 0.326 e. The molecule has 0 aliphatic rings. The van der Waals surface area contributed by atoms with Crippen LogP contribution in [0.15, 0.2) is 59.4 Å². The van der Waals surface area contributed by atoms with Crippen LogP contribution in [-0.4, -0.2) is 26.4 Å². The molecular weight excluding hydrogens is 451 g/mol. The van der Waals surface area contributed by atoms with Crippen LogP contribution in [0.25, 0.3) is 16.8 Å². The number of aryl methyl sites for hydroxylation is 1. The third-order valence-electron chi connectivity index (χ3n) is 4.98. The zero-order chi connectivity index (χ0) is 24.6. The number of alkyl halides is 3. The maximum absolute atomic E-state index is 13.8. The Morgan fingerprint density at radius 3 is 2.26 bits per heavy atom. The minimum atomic E-state index is -4.80. The number of aromatic nitrogens is 3. The summed E-state index contributed by atoms with van der Waals surface area (Å²) in [4.78, 5) is 41.5. The van der Waals surface area contributed by atoms with Crippen molar-refractivity contribution < 1.29 is 22.8 Å². The molecule has 0 aliphatic carbocycles. The van der Waals surface area contributed by atoms with Gasteiger partial charge in [-0.3, -0.25) is 19.5 Å². The number of benzene rings is 2. The second-order valence-corrected chi connectivity index (χ2v) is 7.48. The van der Waals surface area contributed by atoms with Crippen LogP contribution in [0, 0.1) is 6.92 Å². The van der Waals surface area contributed by atoms with Gasteiger partial charge in [-0.2, -0.15) is 17.7 Å². The van der Waals surface area contributed by atoms with E-state index in [1.807, 2.05) is 0 Å². The Labute approximate surface area is 190 Å². The number of rotatable bonds is 4. The number of anilines is 2. The number of nitrogens with zero attached hydrogens (tertiary/aromatic N) is 2. The van der Waals surface area contributed by atoms with Crippen LogP contribution in [0.2, 0.25) is 0 Å². The maximum atomic E-state index is 13.8. The normalized spacial score (nSPS) is 11.4. The molecule has 2 aromatic carbocycles. The van der Waals surface area contributed by atoms with E-state index in [1.54, 1.807) is 30.3 Å². The molecule has 0 saturated heterocycles. The lowest BCUT2D eigenvalue weighted by molar-refractivity contribution is -0.140. The molecule has 0 aliphatic heterocycles. The molecule has 0 radical (unpaired) electrons. The Morgan fingerprint density at radius 2 is 1.65 bits per heavy atom. The van der Waals surface area contributed by atoms with Crippen LogP contribution < -0.4 is 16.2 Å². The first-order valence-electron chi connectivity index (χ1n) is 10.0. The molecule has 2 heterocycles. The summed E-state index contributed by atoms with van der Waals surface area (Å²) in [7, 11) is 0. The summed E-state index contributed by atoms with van der Waals surface area (Å²) in [5.41, 5.74) is -2.22. The minimum absolute atomic E-state index is 0.0366. The molecule has 8 nitrogen and oxygen atoms in total. The average molecular weight is 469 g/mol. The van der Waals surface area contributed by atoms with Crippen molar-refractivity contribution in [1.82, 2.24) is 14.6 Å². The molecule has 4 aromatic rings. The van der Waals surface area contributed by atoms with Gasteiger partial charge in [0.1, 0.15) is 11.3 Å². The van der Waals surface area contributed by atoms with Crippen molar-refractivity contribution in [3.8, 4) is 11.1 Å². The SMILES string of the molecule is CC(=O)Nc1cccc(NC(=O)c2c(C)nc3c(-c4ccccc4)c(C(F)(F)F)[nH]n3c2=O)c1. The van der Waals surface area contributed by atoms with E-state index in [4.69, 9.17) is 0 Å². The number of halogens is 3. The van der Waals surface area contributed by atoms with Crippen LogP contribution >= 0.6 is 0 Å². The summed E-state index contributed by atoms with van der Waals surface area (Å²) in [5.74, 6) is -1.16. The van der Waals surface area contributed by atoms with Crippen molar-refractivity contribution in [2.45, 2.75) is 20.0 Å². The van der Waals surface area contributed by atoms with E-state index in [1.165, 1.54) is 38.1 Å². The standard InChI is InChI=1S/C23H18F3N5O3/c1-12-17(21(33)29-16-10-6-9-15(11-16)28-13(2)32)22(34)31-20(27-12)18(14-7-4-3-5-8-14)19(30-31)23(24,25)26/h3-11,30H,1-2H3,(H,28,32)(H,29,33). The van der Waals surface area contributed by atoms with Crippen LogP contribution in [0.1, 0.15) is 28.7 Å². The number of fused-ring (bicyclic) bond motifs is 1. The van der Waals surface area contributed by atoms with E-state index < -0.39 is 28.9 Å². The predicted molar refractivity (Wildman–Crippen MR) is 120 cm³/mol. The Balaban J connectivity index is 1.82. The van der Waals surface area contributed by atoms with Crippen LogP contribution in [-0.2, 0) is 11.0 Å². The van der Waals surface area contributed by atoms with Gasteiger partial charge in [-0.1, -0.05) is 36.4 Å². The first-order chi connectivity index (χ1) is 16.1. The number of hydrogen-bond acceptors (Lipinski definition) is 4. The highest BCUT2D eigenvalue weighted by atomic mass is 19.4. The third-order valence-corrected chi connectivity index (χ3v) is 4.98. The molecule has 34 heavy (non-hydrogen) atoms. The largest absolute Gasteiger partial charge is 0.433 e. The Morgan fingerprint density at radius 1 is 1.00 bits per heavy atom. The first-order valence-corrected chi connectivity index (χ1v) is 10.0. The van der Waals surface area contributed by atoms with E-state index in [-0.39, 0.29) is 34.1 Å². The molecule has 0 saturated carbocycles. The van der Waals surface area contributed by atoms with Gasteiger partial charge in [0.05, 0.1) is 11.3 Å². The van der Waals surface area contributed by atoms with Crippen molar-refractivity contribution in [3.63, 3.8) is 0 Å². The van der Waals surface area contributed by atoms with Crippen molar-refractivity contribution in [2.75, 3.05) is 10.6 Å². The van der Waals surface area contributed by atoms with E-state index in [0.29, 0.717) is 10.2 Å². The lowest BCUT2D eigenvalue weighted by Crippen LogP contribution is -2.29. The quantitative estimate of drug-likeness (QED) is 0.416. The maximum Gasteiger partial charge on any atom is 0.433 e. The number of hydrogen-bond donors (Lipinski definition) is 3. The second kappa shape index (κ2) is 8.50.